The summed E-state index contributed by atoms with van der Waals surface area (Å²) >= 11 is 0. The predicted octanol–water partition coefficient (Wildman–Crippen LogP) is 2.70. The molecule has 1 N–H and O–H groups in total. The predicted molar refractivity (Wildman–Crippen MR) is 74.5 cm³/mol. The molecule has 2 atom stereocenters. The fraction of sp³-hybridized carbons (Fsp3) is 0.933. The number of likely N-dealkylation sites (tertiary alicyclic amines) is 1. The normalized spacial score (nSPS) is 25.8. The Morgan fingerprint density at radius 1 is 1.28 bits per heavy atom. The standard InChI is InChI=1S/C15H28N2O/c1-3-4-5-6-7-12(2)17-11-10-14(15(17)18)16-13-8-9-13/h12-14,16H,3-11H2,1-2H3. The van der Waals surface area contributed by atoms with E-state index in [0.717, 1.165) is 13.0 Å². The van der Waals surface area contributed by atoms with Crippen LogP contribution in [0, 0.1) is 0 Å². The number of unbranched alkanes of at least 4 members (excludes halogenated alkanes) is 3. The molecule has 18 heavy (non-hydrogen) atoms. The van der Waals surface area contributed by atoms with E-state index in [1.807, 2.05) is 0 Å². The van der Waals surface area contributed by atoms with Gasteiger partial charge in [0.25, 0.3) is 0 Å². The minimum atomic E-state index is 0.121. The first-order chi connectivity index (χ1) is 8.72. The average molecular weight is 252 g/mol. The van der Waals surface area contributed by atoms with E-state index in [9.17, 15) is 4.79 Å². The van der Waals surface area contributed by atoms with Crippen LogP contribution in [0.4, 0.5) is 0 Å². The van der Waals surface area contributed by atoms with Crippen LogP contribution in [0.25, 0.3) is 0 Å². The molecule has 1 heterocycles. The van der Waals surface area contributed by atoms with Crippen molar-refractivity contribution in [3.8, 4) is 0 Å². The number of nitrogens with zero attached hydrogens (tertiary/aromatic N) is 1. The van der Waals surface area contributed by atoms with E-state index >= 15 is 0 Å². The molecular formula is C15H28N2O. The second-order valence-electron chi connectivity index (χ2n) is 6.01. The fourth-order valence-electron chi connectivity index (χ4n) is 2.85. The van der Waals surface area contributed by atoms with Gasteiger partial charge in [0.1, 0.15) is 0 Å². The van der Waals surface area contributed by atoms with Crippen LogP contribution >= 0.6 is 0 Å². The Balaban J connectivity index is 1.69. The molecule has 1 amide bonds. The lowest BCUT2D eigenvalue weighted by Gasteiger charge is -2.25. The zero-order valence-electron chi connectivity index (χ0n) is 12.0. The summed E-state index contributed by atoms with van der Waals surface area (Å²) in [6.45, 7) is 5.41. The second-order valence-corrected chi connectivity index (χ2v) is 6.01. The number of hydrogen-bond acceptors (Lipinski definition) is 2. The first kappa shape index (κ1) is 13.9. The lowest BCUT2D eigenvalue weighted by Crippen LogP contribution is -2.42. The van der Waals surface area contributed by atoms with Crippen LogP contribution in [-0.4, -0.2) is 35.5 Å². The first-order valence-corrected chi connectivity index (χ1v) is 7.79. The summed E-state index contributed by atoms with van der Waals surface area (Å²) in [5.41, 5.74) is 0. The van der Waals surface area contributed by atoms with Crippen molar-refractivity contribution in [3.63, 3.8) is 0 Å². The van der Waals surface area contributed by atoms with Gasteiger partial charge in [-0.1, -0.05) is 32.6 Å². The van der Waals surface area contributed by atoms with Crippen molar-refractivity contribution in [2.75, 3.05) is 6.54 Å². The van der Waals surface area contributed by atoms with Crippen LogP contribution in [0.15, 0.2) is 0 Å². The molecule has 0 bridgehead atoms. The molecule has 2 rings (SSSR count). The van der Waals surface area contributed by atoms with Crippen LogP contribution in [0.5, 0.6) is 0 Å². The van der Waals surface area contributed by atoms with E-state index in [0.29, 0.717) is 18.0 Å². The van der Waals surface area contributed by atoms with Crippen molar-refractivity contribution >= 4 is 5.91 Å². The molecule has 0 radical (unpaired) electrons. The van der Waals surface area contributed by atoms with Crippen LogP contribution in [0.1, 0.15) is 65.2 Å². The van der Waals surface area contributed by atoms with E-state index in [4.69, 9.17) is 0 Å². The van der Waals surface area contributed by atoms with Crippen molar-refractivity contribution < 1.29 is 4.79 Å². The van der Waals surface area contributed by atoms with Gasteiger partial charge in [-0.25, -0.2) is 0 Å². The molecule has 0 aromatic carbocycles. The molecular weight excluding hydrogens is 224 g/mol. The summed E-state index contributed by atoms with van der Waals surface area (Å²) in [5, 5.41) is 3.47. The highest BCUT2D eigenvalue weighted by molar-refractivity contribution is 5.84. The Labute approximate surface area is 111 Å². The molecule has 1 aliphatic heterocycles. The monoisotopic (exact) mass is 252 g/mol. The van der Waals surface area contributed by atoms with Crippen LogP contribution in [0.3, 0.4) is 0 Å². The van der Waals surface area contributed by atoms with E-state index in [-0.39, 0.29) is 6.04 Å². The van der Waals surface area contributed by atoms with Crippen molar-refractivity contribution in [1.82, 2.24) is 10.2 Å². The molecule has 1 aliphatic carbocycles. The lowest BCUT2D eigenvalue weighted by atomic mass is 10.1. The third-order valence-corrected chi connectivity index (χ3v) is 4.26. The van der Waals surface area contributed by atoms with Crippen LogP contribution < -0.4 is 5.32 Å². The topological polar surface area (TPSA) is 32.3 Å². The summed E-state index contributed by atoms with van der Waals surface area (Å²) < 4.78 is 0. The molecule has 3 nitrogen and oxygen atoms in total. The summed E-state index contributed by atoms with van der Waals surface area (Å²) in [4.78, 5) is 14.4. The van der Waals surface area contributed by atoms with Gasteiger partial charge < -0.3 is 10.2 Å². The Kier molecular flexibility index (Phi) is 5.04. The smallest absolute Gasteiger partial charge is 0.240 e. The second kappa shape index (κ2) is 6.55. The van der Waals surface area contributed by atoms with Crippen LogP contribution in [-0.2, 0) is 4.79 Å². The van der Waals surface area contributed by atoms with Crippen LogP contribution in [0.2, 0.25) is 0 Å². The molecule has 3 heteroatoms. The number of carbonyl (C=O) groups excluding carboxylic acids is 1. The highest BCUT2D eigenvalue weighted by Crippen LogP contribution is 2.24. The van der Waals surface area contributed by atoms with Gasteiger partial charge in [0.05, 0.1) is 6.04 Å². The number of carbonyl (C=O) groups is 1. The molecule has 2 aliphatic rings. The molecule has 0 aromatic heterocycles. The van der Waals surface area contributed by atoms with Gasteiger partial charge in [0.15, 0.2) is 0 Å². The van der Waals surface area contributed by atoms with Gasteiger partial charge >= 0.3 is 0 Å². The Morgan fingerprint density at radius 2 is 2.06 bits per heavy atom. The molecule has 1 saturated heterocycles. The maximum absolute atomic E-state index is 12.3. The number of hydrogen-bond donors (Lipinski definition) is 1. The molecule has 1 saturated carbocycles. The van der Waals surface area contributed by atoms with Gasteiger partial charge in [0, 0.05) is 18.6 Å². The Hall–Kier alpha value is -0.570. The van der Waals surface area contributed by atoms with Gasteiger partial charge in [-0.15, -0.1) is 0 Å². The zero-order valence-corrected chi connectivity index (χ0v) is 12.0. The average Bonchev–Trinajstić information content (AvgIpc) is 3.10. The van der Waals surface area contributed by atoms with Crippen molar-refractivity contribution in [3.05, 3.63) is 0 Å². The summed E-state index contributed by atoms with van der Waals surface area (Å²) in [7, 11) is 0. The first-order valence-electron chi connectivity index (χ1n) is 7.79. The maximum Gasteiger partial charge on any atom is 0.240 e. The fourth-order valence-corrected chi connectivity index (χ4v) is 2.85. The third kappa shape index (κ3) is 3.71. The maximum atomic E-state index is 12.3. The lowest BCUT2D eigenvalue weighted by molar-refractivity contribution is -0.131. The molecule has 0 spiro atoms. The number of rotatable bonds is 8. The summed E-state index contributed by atoms with van der Waals surface area (Å²) in [5.74, 6) is 0.352. The number of amides is 1. The third-order valence-electron chi connectivity index (χ3n) is 4.26. The van der Waals surface area contributed by atoms with Crippen molar-refractivity contribution in [2.45, 2.75) is 83.3 Å². The van der Waals surface area contributed by atoms with Crippen molar-refractivity contribution in [2.24, 2.45) is 0 Å². The molecule has 104 valence electrons. The highest BCUT2D eigenvalue weighted by atomic mass is 16.2. The van der Waals surface area contributed by atoms with E-state index in [2.05, 4.69) is 24.1 Å². The highest BCUT2D eigenvalue weighted by Gasteiger charge is 2.37. The van der Waals surface area contributed by atoms with E-state index in [1.54, 1.807) is 0 Å². The minimum Gasteiger partial charge on any atom is -0.339 e. The zero-order chi connectivity index (χ0) is 13.0. The van der Waals surface area contributed by atoms with Gasteiger partial charge in [-0.3, -0.25) is 4.79 Å². The molecule has 2 fully saturated rings. The largest absolute Gasteiger partial charge is 0.339 e. The molecule has 0 aromatic rings. The molecule has 2 unspecified atom stereocenters. The SMILES string of the molecule is CCCCCCC(C)N1CCC(NC2CC2)C1=O. The van der Waals surface area contributed by atoms with E-state index < -0.39 is 0 Å². The van der Waals surface area contributed by atoms with Gasteiger partial charge in [-0.2, -0.15) is 0 Å². The summed E-state index contributed by atoms with van der Waals surface area (Å²) in [6, 6.07) is 1.19. The van der Waals surface area contributed by atoms with Gasteiger partial charge in [0.2, 0.25) is 5.91 Å². The number of nitrogens with one attached hydrogen (secondary N) is 1. The summed E-state index contributed by atoms with van der Waals surface area (Å²) in [6.07, 6.45) is 9.88. The van der Waals surface area contributed by atoms with Crippen molar-refractivity contribution in [1.29, 1.82) is 0 Å². The van der Waals surface area contributed by atoms with E-state index in [1.165, 1.54) is 44.9 Å². The van der Waals surface area contributed by atoms with Gasteiger partial charge in [-0.05, 0) is 32.6 Å². The Bertz CT molecular complexity index is 276. The minimum absolute atomic E-state index is 0.121. The quantitative estimate of drug-likeness (QED) is 0.674. The Morgan fingerprint density at radius 3 is 2.72 bits per heavy atom.